The molecule has 21 heavy (non-hydrogen) atoms. The topological polar surface area (TPSA) is 15.3 Å². The lowest BCUT2D eigenvalue weighted by atomic mass is 9.82. The monoisotopic (exact) mass is 294 g/mol. The third kappa shape index (κ3) is 3.05. The molecular weight excluding hydrogens is 270 g/mol. The summed E-state index contributed by atoms with van der Waals surface area (Å²) in [6, 6.07) is 5.05. The van der Waals surface area contributed by atoms with Gasteiger partial charge in [0.2, 0.25) is 0 Å². The Bertz CT molecular complexity index is 486. The van der Waals surface area contributed by atoms with Crippen LogP contribution in [0.25, 0.3) is 0 Å². The molecule has 2 fully saturated rings. The molecule has 116 valence electrons. The van der Waals surface area contributed by atoms with Crippen LogP contribution in [0, 0.1) is 17.6 Å². The van der Waals surface area contributed by atoms with Crippen molar-refractivity contribution in [2.75, 3.05) is 18.0 Å². The lowest BCUT2D eigenvalue weighted by Crippen LogP contribution is -2.58. The summed E-state index contributed by atoms with van der Waals surface area (Å²) in [4.78, 5) is 2.04. The number of benzene rings is 1. The Morgan fingerprint density at radius 1 is 1.14 bits per heavy atom. The van der Waals surface area contributed by atoms with Crippen LogP contribution in [0.1, 0.15) is 39.0 Å². The fourth-order valence-corrected chi connectivity index (χ4v) is 3.79. The molecule has 1 heterocycles. The highest BCUT2D eigenvalue weighted by Crippen LogP contribution is 2.31. The molecule has 0 radical (unpaired) electrons. The Hall–Kier alpha value is -1.16. The van der Waals surface area contributed by atoms with Crippen molar-refractivity contribution in [3.63, 3.8) is 0 Å². The SMILES string of the molecule is CC1CNC(C2CCCCC2)CN1c1cccc(F)c1F. The van der Waals surface area contributed by atoms with Crippen LogP contribution in [-0.4, -0.2) is 25.2 Å². The Morgan fingerprint density at radius 2 is 1.90 bits per heavy atom. The Labute approximate surface area is 125 Å². The van der Waals surface area contributed by atoms with E-state index in [0.29, 0.717) is 17.6 Å². The third-order valence-electron chi connectivity index (χ3n) is 5.06. The third-order valence-corrected chi connectivity index (χ3v) is 5.06. The van der Waals surface area contributed by atoms with Gasteiger partial charge in [-0.25, -0.2) is 8.78 Å². The largest absolute Gasteiger partial charge is 0.364 e. The molecule has 1 aliphatic carbocycles. The molecule has 0 bridgehead atoms. The van der Waals surface area contributed by atoms with Gasteiger partial charge in [0.25, 0.3) is 0 Å². The number of nitrogens with zero attached hydrogens (tertiary/aromatic N) is 1. The predicted octanol–water partition coefficient (Wildman–Crippen LogP) is 3.71. The van der Waals surface area contributed by atoms with E-state index in [4.69, 9.17) is 0 Å². The fourth-order valence-electron chi connectivity index (χ4n) is 3.79. The molecule has 2 nitrogen and oxygen atoms in total. The van der Waals surface area contributed by atoms with Crippen LogP contribution in [0.2, 0.25) is 0 Å². The number of hydrogen-bond donors (Lipinski definition) is 1. The zero-order chi connectivity index (χ0) is 14.8. The first kappa shape index (κ1) is 14.8. The van der Waals surface area contributed by atoms with Gasteiger partial charge >= 0.3 is 0 Å². The Kier molecular flexibility index (Phi) is 4.43. The number of rotatable bonds is 2. The van der Waals surface area contributed by atoms with Gasteiger partial charge < -0.3 is 10.2 Å². The molecule has 2 atom stereocenters. The molecule has 3 rings (SSSR count). The lowest BCUT2D eigenvalue weighted by Gasteiger charge is -2.44. The van der Waals surface area contributed by atoms with Gasteiger partial charge in [-0.1, -0.05) is 25.3 Å². The van der Waals surface area contributed by atoms with E-state index in [1.807, 2.05) is 4.90 Å². The van der Waals surface area contributed by atoms with Crippen molar-refractivity contribution in [3.8, 4) is 0 Å². The molecule has 1 saturated heterocycles. The second kappa shape index (κ2) is 6.30. The van der Waals surface area contributed by atoms with Crippen molar-refractivity contribution >= 4 is 5.69 Å². The van der Waals surface area contributed by atoms with E-state index in [2.05, 4.69) is 12.2 Å². The van der Waals surface area contributed by atoms with Gasteiger partial charge in [-0.3, -0.25) is 0 Å². The summed E-state index contributed by atoms with van der Waals surface area (Å²) < 4.78 is 27.6. The van der Waals surface area contributed by atoms with Gasteiger partial charge in [-0.15, -0.1) is 0 Å². The number of anilines is 1. The summed E-state index contributed by atoms with van der Waals surface area (Å²) in [5, 5.41) is 3.61. The van der Waals surface area contributed by atoms with E-state index < -0.39 is 11.6 Å². The van der Waals surface area contributed by atoms with Crippen LogP contribution < -0.4 is 10.2 Å². The molecule has 1 N–H and O–H groups in total. The number of piperazine rings is 1. The van der Waals surface area contributed by atoms with Gasteiger partial charge in [0.1, 0.15) is 0 Å². The molecule has 1 aromatic rings. The zero-order valence-corrected chi connectivity index (χ0v) is 12.6. The van der Waals surface area contributed by atoms with E-state index in [9.17, 15) is 8.78 Å². The van der Waals surface area contributed by atoms with Crippen LogP contribution in [0.4, 0.5) is 14.5 Å². The van der Waals surface area contributed by atoms with Crippen molar-refractivity contribution in [2.24, 2.45) is 5.92 Å². The minimum atomic E-state index is -0.757. The van der Waals surface area contributed by atoms with Crippen LogP contribution >= 0.6 is 0 Å². The fraction of sp³-hybridized carbons (Fsp3) is 0.647. The maximum absolute atomic E-state index is 14.1. The summed E-state index contributed by atoms with van der Waals surface area (Å²) in [7, 11) is 0. The van der Waals surface area contributed by atoms with E-state index in [0.717, 1.165) is 13.1 Å². The molecule has 4 heteroatoms. The lowest BCUT2D eigenvalue weighted by molar-refractivity contribution is 0.244. The van der Waals surface area contributed by atoms with Crippen LogP contribution in [0.15, 0.2) is 18.2 Å². The van der Waals surface area contributed by atoms with Crippen molar-refractivity contribution in [1.82, 2.24) is 5.32 Å². The summed E-state index contributed by atoms with van der Waals surface area (Å²) in [6.07, 6.45) is 6.44. The highest BCUT2D eigenvalue weighted by atomic mass is 19.2. The van der Waals surface area contributed by atoms with Crippen LogP contribution in [0.3, 0.4) is 0 Å². The summed E-state index contributed by atoms with van der Waals surface area (Å²) in [6.45, 7) is 3.66. The minimum Gasteiger partial charge on any atom is -0.364 e. The van der Waals surface area contributed by atoms with Gasteiger partial charge in [-0.2, -0.15) is 0 Å². The van der Waals surface area contributed by atoms with Gasteiger partial charge in [0.15, 0.2) is 11.6 Å². The second-order valence-electron chi connectivity index (χ2n) is 6.49. The first-order valence-corrected chi connectivity index (χ1v) is 8.11. The molecule has 1 aliphatic heterocycles. The zero-order valence-electron chi connectivity index (χ0n) is 12.6. The van der Waals surface area contributed by atoms with E-state index in [1.165, 1.54) is 38.2 Å². The normalized spacial score (nSPS) is 27.9. The standard InChI is InChI=1S/C17H24F2N2/c1-12-10-20-15(13-6-3-2-4-7-13)11-21(12)16-9-5-8-14(18)17(16)19/h5,8-9,12-13,15,20H,2-4,6-7,10-11H2,1H3. The molecule has 1 saturated carbocycles. The Morgan fingerprint density at radius 3 is 2.67 bits per heavy atom. The molecule has 2 unspecified atom stereocenters. The summed E-state index contributed by atoms with van der Waals surface area (Å²) in [5.74, 6) is -0.800. The average Bonchev–Trinajstić information content (AvgIpc) is 2.52. The molecule has 0 spiro atoms. The molecule has 1 aromatic carbocycles. The Balaban J connectivity index is 1.78. The number of hydrogen-bond acceptors (Lipinski definition) is 2. The highest BCUT2D eigenvalue weighted by molar-refractivity contribution is 5.50. The first-order valence-electron chi connectivity index (χ1n) is 8.11. The van der Waals surface area contributed by atoms with Crippen molar-refractivity contribution in [3.05, 3.63) is 29.8 Å². The average molecular weight is 294 g/mol. The maximum Gasteiger partial charge on any atom is 0.182 e. The van der Waals surface area contributed by atoms with Gasteiger partial charge in [-0.05, 0) is 37.8 Å². The molecular formula is C17H24F2N2. The van der Waals surface area contributed by atoms with Crippen LogP contribution in [0.5, 0.6) is 0 Å². The number of halogens is 2. The first-order chi connectivity index (χ1) is 10.2. The van der Waals surface area contributed by atoms with Gasteiger partial charge in [0, 0.05) is 25.2 Å². The number of nitrogens with one attached hydrogen (secondary N) is 1. The smallest absolute Gasteiger partial charge is 0.182 e. The van der Waals surface area contributed by atoms with Gasteiger partial charge in [0.05, 0.1) is 5.69 Å². The second-order valence-corrected chi connectivity index (χ2v) is 6.49. The molecule has 2 aliphatic rings. The molecule has 0 amide bonds. The minimum absolute atomic E-state index is 0.182. The quantitative estimate of drug-likeness (QED) is 0.894. The van der Waals surface area contributed by atoms with Crippen molar-refractivity contribution in [1.29, 1.82) is 0 Å². The van der Waals surface area contributed by atoms with Crippen molar-refractivity contribution in [2.45, 2.75) is 51.1 Å². The summed E-state index contributed by atoms with van der Waals surface area (Å²) >= 11 is 0. The van der Waals surface area contributed by atoms with Crippen molar-refractivity contribution < 1.29 is 8.78 Å². The maximum atomic E-state index is 14.1. The van der Waals surface area contributed by atoms with E-state index in [1.54, 1.807) is 12.1 Å². The van der Waals surface area contributed by atoms with Crippen LogP contribution in [-0.2, 0) is 0 Å². The highest BCUT2D eigenvalue weighted by Gasteiger charge is 2.32. The van der Waals surface area contributed by atoms with E-state index >= 15 is 0 Å². The predicted molar refractivity (Wildman–Crippen MR) is 81.5 cm³/mol. The molecule has 0 aromatic heterocycles. The van der Waals surface area contributed by atoms with E-state index in [-0.39, 0.29) is 6.04 Å². The summed E-state index contributed by atoms with van der Waals surface area (Å²) in [5.41, 5.74) is 0.407.